The molecule has 5 nitrogen and oxygen atoms in total. The summed E-state index contributed by atoms with van der Waals surface area (Å²) in [5, 5.41) is 2.09. The first-order chi connectivity index (χ1) is 11.5. The van der Waals surface area contributed by atoms with Gasteiger partial charge >= 0.3 is 0 Å². The molecular weight excluding hydrogens is 322 g/mol. The minimum absolute atomic E-state index is 0.102. The zero-order valence-corrected chi connectivity index (χ0v) is 15.2. The molecule has 1 saturated heterocycles. The highest BCUT2D eigenvalue weighted by molar-refractivity contribution is 7.10. The Balaban J connectivity index is 1.43. The van der Waals surface area contributed by atoms with E-state index in [0.717, 1.165) is 38.9 Å². The Morgan fingerprint density at radius 3 is 2.54 bits per heavy atom. The van der Waals surface area contributed by atoms with Crippen LogP contribution in [0, 0.1) is 5.92 Å². The normalized spacial score (nSPS) is 19.9. The van der Waals surface area contributed by atoms with Gasteiger partial charge in [-0.05, 0) is 49.1 Å². The van der Waals surface area contributed by atoms with Crippen molar-refractivity contribution in [3.05, 3.63) is 21.9 Å². The van der Waals surface area contributed by atoms with Gasteiger partial charge in [0.25, 0.3) is 0 Å². The van der Waals surface area contributed by atoms with Crippen LogP contribution in [0.4, 0.5) is 0 Å². The maximum absolute atomic E-state index is 12.4. The van der Waals surface area contributed by atoms with Crippen LogP contribution in [0.15, 0.2) is 11.4 Å². The van der Waals surface area contributed by atoms with Crippen molar-refractivity contribution in [2.45, 2.75) is 51.6 Å². The summed E-state index contributed by atoms with van der Waals surface area (Å²) in [7, 11) is 0. The second kappa shape index (κ2) is 7.66. The number of piperidine rings is 1. The summed E-state index contributed by atoms with van der Waals surface area (Å²) in [5.74, 6) is 0.731. The predicted molar refractivity (Wildman–Crippen MR) is 95.6 cm³/mol. The Hall–Kier alpha value is -1.40. The van der Waals surface area contributed by atoms with Gasteiger partial charge in [0.05, 0.1) is 0 Å². The van der Waals surface area contributed by atoms with Crippen LogP contribution in [0.25, 0.3) is 0 Å². The molecule has 2 amide bonds. The second-order valence-corrected chi connectivity index (χ2v) is 8.01. The Bertz CT molecular complexity index is 591. The van der Waals surface area contributed by atoms with Gasteiger partial charge in [-0.3, -0.25) is 9.59 Å². The van der Waals surface area contributed by atoms with Gasteiger partial charge in [0.2, 0.25) is 11.8 Å². The number of hydrogen-bond acceptors (Lipinski definition) is 4. The second-order valence-electron chi connectivity index (χ2n) is 7.01. The van der Waals surface area contributed by atoms with E-state index in [2.05, 4.69) is 11.4 Å². The number of nitrogens with two attached hydrogens (primary N) is 1. The van der Waals surface area contributed by atoms with E-state index in [0.29, 0.717) is 25.3 Å². The smallest absolute Gasteiger partial charge is 0.223 e. The van der Waals surface area contributed by atoms with Crippen LogP contribution >= 0.6 is 11.3 Å². The lowest BCUT2D eigenvalue weighted by Crippen LogP contribution is -2.43. The maximum Gasteiger partial charge on any atom is 0.223 e. The molecule has 1 aromatic rings. The molecule has 2 aliphatic rings. The van der Waals surface area contributed by atoms with E-state index in [1.54, 1.807) is 11.3 Å². The highest BCUT2D eigenvalue weighted by atomic mass is 32.1. The van der Waals surface area contributed by atoms with Crippen LogP contribution in [0.1, 0.15) is 43.0 Å². The van der Waals surface area contributed by atoms with Gasteiger partial charge in [0, 0.05) is 49.9 Å². The molecule has 6 heteroatoms. The topological polar surface area (TPSA) is 66.6 Å². The molecule has 0 bridgehead atoms. The fourth-order valence-corrected chi connectivity index (χ4v) is 4.56. The van der Waals surface area contributed by atoms with Gasteiger partial charge in [0.1, 0.15) is 0 Å². The lowest BCUT2D eigenvalue weighted by atomic mass is 9.91. The molecular formula is C18H27N3O2S. The fourth-order valence-electron chi connectivity index (χ4n) is 3.67. The first-order valence-corrected chi connectivity index (χ1v) is 9.79. The molecule has 1 aromatic heterocycles. The molecule has 2 aliphatic heterocycles. The van der Waals surface area contributed by atoms with Crippen LogP contribution in [-0.2, 0) is 22.6 Å². The van der Waals surface area contributed by atoms with Gasteiger partial charge in [0.15, 0.2) is 0 Å². The molecule has 1 atom stereocenters. The predicted octanol–water partition coefficient (Wildman–Crippen LogP) is 2.00. The number of likely N-dealkylation sites (tertiary alicyclic amines) is 1. The van der Waals surface area contributed by atoms with Crippen LogP contribution < -0.4 is 5.73 Å². The maximum atomic E-state index is 12.4. The average Bonchev–Trinajstić information content (AvgIpc) is 3.07. The quantitative estimate of drug-likeness (QED) is 0.904. The molecule has 132 valence electrons. The number of fused-ring (bicyclic) bond motifs is 1. The number of hydrogen-bond donors (Lipinski definition) is 1. The van der Waals surface area contributed by atoms with Crippen molar-refractivity contribution in [1.29, 1.82) is 0 Å². The summed E-state index contributed by atoms with van der Waals surface area (Å²) in [6, 6.07) is 2.30. The molecule has 0 aliphatic carbocycles. The first kappa shape index (κ1) is 17.4. The lowest BCUT2D eigenvalue weighted by Gasteiger charge is -2.34. The standard InChI is InChI=1S/C18H27N3O2S/c1-13(19)14-4-8-20(9-5-14)17(22)2-3-18(23)21-10-6-16-15(12-21)7-11-24-16/h7,11,13-14H,2-6,8-10,12,19H2,1H3. The number of amides is 2. The van der Waals surface area contributed by atoms with E-state index >= 15 is 0 Å². The number of thiophene rings is 1. The van der Waals surface area contributed by atoms with Crippen LogP contribution in [0.2, 0.25) is 0 Å². The van der Waals surface area contributed by atoms with Crippen molar-refractivity contribution in [3.63, 3.8) is 0 Å². The van der Waals surface area contributed by atoms with Crippen molar-refractivity contribution in [1.82, 2.24) is 9.80 Å². The Morgan fingerprint density at radius 2 is 1.88 bits per heavy atom. The zero-order valence-electron chi connectivity index (χ0n) is 14.4. The molecule has 24 heavy (non-hydrogen) atoms. The molecule has 0 radical (unpaired) electrons. The van der Waals surface area contributed by atoms with E-state index in [1.165, 1.54) is 10.4 Å². The Kier molecular flexibility index (Phi) is 5.56. The molecule has 0 spiro atoms. The highest BCUT2D eigenvalue weighted by Crippen LogP contribution is 2.25. The minimum Gasteiger partial charge on any atom is -0.343 e. The molecule has 1 unspecified atom stereocenters. The zero-order chi connectivity index (χ0) is 17.1. The third-order valence-electron chi connectivity index (χ3n) is 5.35. The van der Waals surface area contributed by atoms with Gasteiger partial charge in [-0.25, -0.2) is 0 Å². The summed E-state index contributed by atoms with van der Waals surface area (Å²) in [6.45, 7) is 5.08. The van der Waals surface area contributed by atoms with Gasteiger partial charge < -0.3 is 15.5 Å². The van der Waals surface area contributed by atoms with Crippen molar-refractivity contribution in [3.8, 4) is 0 Å². The molecule has 2 N–H and O–H groups in total. The van der Waals surface area contributed by atoms with Crippen molar-refractivity contribution in [2.24, 2.45) is 11.7 Å². The van der Waals surface area contributed by atoms with Crippen LogP contribution in [0.5, 0.6) is 0 Å². The number of nitrogens with zero attached hydrogens (tertiary/aromatic N) is 2. The van der Waals surface area contributed by atoms with E-state index in [1.807, 2.05) is 16.7 Å². The lowest BCUT2D eigenvalue weighted by molar-refractivity contribution is -0.138. The van der Waals surface area contributed by atoms with Gasteiger partial charge in [-0.2, -0.15) is 0 Å². The van der Waals surface area contributed by atoms with Gasteiger partial charge in [-0.15, -0.1) is 11.3 Å². The van der Waals surface area contributed by atoms with Crippen LogP contribution in [-0.4, -0.2) is 47.3 Å². The third-order valence-corrected chi connectivity index (χ3v) is 6.37. The summed E-state index contributed by atoms with van der Waals surface area (Å²) < 4.78 is 0. The van der Waals surface area contributed by atoms with E-state index in [-0.39, 0.29) is 17.9 Å². The molecule has 1 fully saturated rings. The van der Waals surface area contributed by atoms with Crippen molar-refractivity contribution in [2.75, 3.05) is 19.6 Å². The first-order valence-electron chi connectivity index (χ1n) is 8.91. The Morgan fingerprint density at radius 1 is 1.21 bits per heavy atom. The van der Waals surface area contributed by atoms with Crippen molar-refractivity contribution < 1.29 is 9.59 Å². The van der Waals surface area contributed by atoms with E-state index in [4.69, 9.17) is 5.73 Å². The molecule has 0 aromatic carbocycles. The van der Waals surface area contributed by atoms with E-state index < -0.39 is 0 Å². The Labute approximate surface area is 147 Å². The van der Waals surface area contributed by atoms with Gasteiger partial charge in [-0.1, -0.05) is 0 Å². The summed E-state index contributed by atoms with van der Waals surface area (Å²) in [6.07, 6.45) is 3.55. The monoisotopic (exact) mass is 349 g/mol. The fraction of sp³-hybridized carbons (Fsp3) is 0.667. The largest absolute Gasteiger partial charge is 0.343 e. The third kappa shape index (κ3) is 3.98. The molecule has 3 rings (SSSR count). The minimum atomic E-state index is 0.102. The number of carbonyl (C=O) groups is 2. The summed E-state index contributed by atoms with van der Waals surface area (Å²) >= 11 is 1.77. The summed E-state index contributed by atoms with van der Waals surface area (Å²) in [5.41, 5.74) is 7.21. The number of carbonyl (C=O) groups excluding carboxylic acids is 2. The number of rotatable bonds is 4. The summed E-state index contributed by atoms with van der Waals surface area (Å²) in [4.78, 5) is 29.9. The highest BCUT2D eigenvalue weighted by Gasteiger charge is 2.26. The molecule has 3 heterocycles. The van der Waals surface area contributed by atoms with Crippen LogP contribution in [0.3, 0.4) is 0 Å². The van der Waals surface area contributed by atoms with Crippen molar-refractivity contribution >= 4 is 23.2 Å². The SMILES string of the molecule is CC(N)C1CCN(C(=O)CCC(=O)N2CCc3sccc3C2)CC1. The average molecular weight is 350 g/mol. The van der Waals surface area contributed by atoms with E-state index in [9.17, 15) is 9.59 Å². The molecule has 0 saturated carbocycles.